The van der Waals surface area contributed by atoms with E-state index in [1.165, 1.54) is 22.5 Å². The third kappa shape index (κ3) is 4.20. The summed E-state index contributed by atoms with van der Waals surface area (Å²) in [5.74, 6) is 2.82. The molecule has 0 N–H and O–H groups in total. The van der Waals surface area contributed by atoms with Crippen LogP contribution in [-0.2, 0) is 0 Å². The largest absolute Gasteiger partial charge is 0.456 e. The lowest BCUT2D eigenvalue weighted by Crippen LogP contribution is -2.30. The zero-order valence-electron chi connectivity index (χ0n) is 27.4. The second kappa shape index (κ2) is 10.9. The van der Waals surface area contributed by atoms with Crippen LogP contribution in [0.15, 0.2) is 162 Å². The molecule has 0 amide bonds. The highest BCUT2D eigenvalue weighted by molar-refractivity contribution is 6.09. The molecule has 0 saturated heterocycles. The molecule has 3 aromatic heterocycles. The molecular weight excluding hydrogens is 627 g/mol. The van der Waals surface area contributed by atoms with Gasteiger partial charge >= 0.3 is 0 Å². The number of para-hydroxylation sites is 4. The van der Waals surface area contributed by atoms with Crippen LogP contribution in [-0.4, -0.2) is 25.6 Å². The number of anilines is 2. The van der Waals surface area contributed by atoms with E-state index in [0.29, 0.717) is 17.6 Å². The van der Waals surface area contributed by atoms with Crippen LogP contribution in [0.25, 0.3) is 67.6 Å². The van der Waals surface area contributed by atoms with E-state index in [0.717, 1.165) is 49.7 Å². The summed E-state index contributed by atoms with van der Waals surface area (Å²) in [6.45, 7) is 0. The summed E-state index contributed by atoms with van der Waals surface area (Å²) >= 11 is 0. The first-order valence-corrected chi connectivity index (χ1v) is 17.3. The minimum Gasteiger partial charge on any atom is -0.456 e. The van der Waals surface area contributed by atoms with E-state index >= 15 is 0 Å². The van der Waals surface area contributed by atoms with Crippen molar-refractivity contribution in [1.82, 2.24) is 19.5 Å². The molecule has 6 nitrogen and oxygen atoms in total. The maximum Gasteiger partial charge on any atom is 0.238 e. The van der Waals surface area contributed by atoms with Gasteiger partial charge in [-0.25, -0.2) is 4.98 Å². The average Bonchev–Trinajstić information content (AvgIpc) is 3.85. The molecule has 1 aliphatic heterocycles. The minimum atomic E-state index is 0.101. The van der Waals surface area contributed by atoms with Gasteiger partial charge in [0, 0.05) is 50.1 Å². The topological polar surface area (TPSA) is 60.0 Å². The van der Waals surface area contributed by atoms with Crippen LogP contribution in [0.4, 0.5) is 11.4 Å². The fourth-order valence-electron chi connectivity index (χ4n) is 8.24. The van der Waals surface area contributed by atoms with Gasteiger partial charge in [-0.2, -0.15) is 9.97 Å². The Balaban J connectivity index is 1.12. The van der Waals surface area contributed by atoms with E-state index in [2.05, 4.69) is 143 Å². The standard InChI is InChI=1S/C45H29N5O/c1-3-13-28(14-4-1)43-46-44(48-45(47-43)50-35-20-10-7-17-31(35)32-18-8-11-21-36(32)50)29-23-25-39-34(27-29)42-40(51-39)26-24-38-41(42)33-19-9-12-22-37(33)49(38)30-15-5-2-6-16-30/h1-27,38,41H. The maximum absolute atomic E-state index is 6.55. The molecule has 11 rings (SSSR count). The van der Waals surface area contributed by atoms with E-state index in [1.54, 1.807) is 0 Å². The Morgan fingerprint density at radius 1 is 0.549 bits per heavy atom. The Morgan fingerprint density at radius 2 is 1.20 bits per heavy atom. The molecular formula is C45H29N5O. The lowest BCUT2D eigenvalue weighted by Gasteiger charge is -2.30. The average molecular weight is 656 g/mol. The molecule has 1 aliphatic carbocycles. The number of furan rings is 1. The fourth-order valence-corrected chi connectivity index (χ4v) is 8.24. The van der Waals surface area contributed by atoms with Gasteiger partial charge in [0.15, 0.2) is 11.6 Å². The maximum atomic E-state index is 6.55. The molecule has 0 spiro atoms. The van der Waals surface area contributed by atoms with Crippen molar-refractivity contribution in [3.8, 4) is 28.7 Å². The molecule has 51 heavy (non-hydrogen) atoms. The third-order valence-corrected chi connectivity index (χ3v) is 10.4. The quantitative estimate of drug-likeness (QED) is 0.189. The van der Waals surface area contributed by atoms with Gasteiger partial charge in [-0.1, -0.05) is 109 Å². The number of fused-ring (bicyclic) bond motifs is 10. The SMILES string of the molecule is C1=CC2C(c3ccccc3N2c2ccccc2)c2c1oc1ccc(-c3nc(-c4ccccc4)nc(-n4c5ccccc5c5ccccc54)n3)cc21. The first-order chi connectivity index (χ1) is 25.3. The monoisotopic (exact) mass is 655 g/mol. The normalized spacial score (nSPS) is 16.1. The molecule has 0 radical (unpaired) electrons. The van der Waals surface area contributed by atoms with Gasteiger partial charge in [-0.05, 0) is 60.2 Å². The number of hydrogen-bond acceptors (Lipinski definition) is 5. The van der Waals surface area contributed by atoms with Crippen LogP contribution in [0.1, 0.15) is 22.8 Å². The number of rotatable bonds is 4. The number of benzene rings is 6. The Bertz CT molecular complexity index is 2780. The van der Waals surface area contributed by atoms with Crippen LogP contribution < -0.4 is 4.90 Å². The van der Waals surface area contributed by atoms with E-state index in [-0.39, 0.29) is 12.0 Å². The Labute approximate surface area is 293 Å². The summed E-state index contributed by atoms with van der Waals surface area (Å²) in [5.41, 5.74) is 9.69. The highest BCUT2D eigenvalue weighted by Crippen LogP contribution is 2.53. The predicted octanol–water partition coefficient (Wildman–Crippen LogP) is 10.7. The lowest BCUT2D eigenvalue weighted by atomic mass is 9.82. The van der Waals surface area contributed by atoms with Crippen molar-refractivity contribution >= 4 is 50.2 Å². The van der Waals surface area contributed by atoms with E-state index in [4.69, 9.17) is 19.4 Å². The highest BCUT2D eigenvalue weighted by Gasteiger charge is 2.43. The molecule has 6 heteroatoms. The van der Waals surface area contributed by atoms with Crippen LogP contribution in [0.3, 0.4) is 0 Å². The van der Waals surface area contributed by atoms with Crippen molar-refractivity contribution < 1.29 is 4.42 Å². The van der Waals surface area contributed by atoms with Crippen molar-refractivity contribution in [2.24, 2.45) is 0 Å². The van der Waals surface area contributed by atoms with Crippen molar-refractivity contribution in [1.29, 1.82) is 0 Å². The second-order valence-electron chi connectivity index (χ2n) is 13.2. The first-order valence-electron chi connectivity index (χ1n) is 17.3. The summed E-state index contributed by atoms with van der Waals surface area (Å²) in [5, 5.41) is 3.39. The minimum absolute atomic E-state index is 0.101. The Morgan fingerprint density at radius 3 is 1.96 bits per heavy atom. The molecule has 2 unspecified atom stereocenters. The summed E-state index contributed by atoms with van der Waals surface area (Å²) in [6, 6.07) is 52.9. The van der Waals surface area contributed by atoms with Crippen LogP contribution in [0.5, 0.6) is 0 Å². The molecule has 240 valence electrons. The summed E-state index contributed by atoms with van der Waals surface area (Å²) in [4.78, 5) is 17.9. The van der Waals surface area contributed by atoms with Gasteiger partial charge in [0.1, 0.15) is 11.3 Å². The fraction of sp³-hybridized carbons (Fsp3) is 0.0444. The third-order valence-electron chi connectivity index (χ3n) is 10.4. The summed E-state index contributed by atoms with van der Waals surface area (Å²) in [6.07, 6.45) is 4.44. The number of hydrogen-bond donors (Lipinski definition) is 0. The van der Waals surface area contributed by atoms with Gasteiger partial charge in [0.2, 0.25) is 5.95 Å². The number of aromatic nitrogens is 4. The van der Waals surface area contributed by atoms with Crippen LogP contribution >= 0.6 is 0 Å². The molecule has 0 saturated carbocycles. The van der Waals surface area contributed by atoms with Gasteiger partial charge in [-0.15, -0.1) is 0 Å². The summed E-state index contributed by atoms with van der Waals surface area (Å²) < 4.78 is 8.71. The van der Waals surface area contributed by atoms with Crippen molar-refractivity contribution in [2.75, 3.05) is 4.90 Å². The smallest absolute Gasteiger partial charge is 0.238 e. The molecule has 6 aromatic carbocycles. The molecule has 0 bridgehead atoms. The van der Waals surface area contributed by atoms with E-state index in [9.17, 15) is 0 Å². The molecule has 2 aliphatic rings. The summed E-state index contributed by atoms with van der Waals surface area (Å²) in [7, 11) is 0. The Kier molecular flexibility index (Phi) is 5.98. The second-order valence-corrected chi connectivity index (χ2v) is 13.2. The van der Waals surface area contributed by atoms with Crippen LogP contribution in [0, 0.1) is 0 Å². The lowest BCUT2D eigenvalue weighted by molar-refractivity contribution is 0.584. The molecule has 9 aromatic rings. The van der Waals surface area contributed by atoms with Crippen molar-refractivity contribution in [2.45, 2.75) is 12.0 Å². The molecule has 4 heterocycles. The van der Waals surface area contributed by atoms with Gasteiger partial charge < -0.3 is 9.32 Å². The first kappa shape index (κ1) is 28.1. The van der Waals surface area contributed by atoms with Gasteiger partial charge in [0.25, 0.3) is 0 Å². The Hall–Kier alpha value is -6.79. The van der Waals surface area contributed by atoms with E-state index in [1.807, 2.05) is 30.3 Å². The number of nitrogens with zero attached hydrogens (tertiary/aromatic N) is 5. The van der Waals surface area contributed by atoms with E-state index < -0.39 is 0 Å². The van der Waals surface area contributed by atoms with Crippen molar-refractivity contribution in [3.05, 3.63) is 175 Å². The zero-order valence-corrected chi connectivity index (χ0v) is 27.4. The van der Waals surface area contributed by atoms with Crippen LogP contribution in [0.2, 0.25) is 0 Å². The highest BCUT2D eigenvalue weighted by atomic mass is 16.3. The molecule has 0 fully saturated rings. The zero-order chi connectivity index (χ0) is 33.5. The van der Waals surface area contributed by atoms with Gasteiger partial charge in [0.05, 0.1) is 17.1 Å². The van der Waals surface area contributed by atoms with Crippen molar-refractivity contribution in [3.63, 3.8) is 0 Å². The predicted molar refractivity (Wildman–Crippen MR) is 204 cm³/mol. The van der Waals surface area contributed by atoms with Gasteiger partial charge in [-0.3, -0.25) is 4.57 Å². The molecule has 2 atom stereocenters.